The summed E-state index contributed by atoms with van der Waals surface area (Å²) in [6.45, 7) is 11.8. The fraction of sp³-hybridized carbons (Fsp3) is 0.484. The molecule has 1 heterocycles. The Balaban J connectivity index is 0.00000331. The highest BCUT2D eigenvalue weighted by Gasteiger charge is 2.41. The van der Waals surface area contributed by atoms with E-state index < -0.39 is 107 Å². The van der Waals surface area contributed by atoms with Gasteiger partial charge in [0.25, 0.3) is 0 Å². The van der Waals surface area contributed by atoms with E-state index in [-0.39, 0.29) is 67.2 Å². The van der Waals surface area contributed by atoms with Crippen LogP contribution in [0, 0.1) is 5.92 Å². The number of halogens is 1. The molecule has 89 heavy (non-hydrogen) atoms. The quantitative estimate of drug-likeness (QED) is 0.0420. The number of phenols is 2. The molecule has 0 aromatic heterocycles. The van der Waals surface area contributed by atoms with Crippen molar-refractivity contribution in [3.8, 4) is 11.5 Å². The van der Waals surface area contributed by atoms with Crippen molar-refractivity contribution in [3.05, 3.63) is 130 Å². The number of rotatable bonds is 20. The first-order valence-electron chi connectivity index (χ1n) is 29.9. The molecular formula is C64H91ClN10O12S2. The van der Waals surface area contributed by atoms with Crippen LogP contribution in [-0.2, 0) is 64.0 Å². The number of carbonyl (C=O) groups is 9. The second-order valence-corrected chi connectivity index (χ2v) is 24.9. The van der Waals surface area contributed by atoms with E-state index in [0.717, 1.165) is 41.9 Å². The van der Waals surface area contributed by atoms with Gasteiger partial charge in [0.2, 0.25) is 53.2 Å². The van der Waals surface area contributed by atoms with Crippen LogP contribution in [-0.4, -0.2) is 171 Å². The topological polar surface area (TPSA) is 350 Å². The second kappa shape index (κ2) is 38.9. The van der Waals surface area contributed by atoms with Gasteiger partial charge in [-0.1, -0.05) is 129 Å². The summed E-state index contributed by atoms with van der Waals surface area (Å²) in [4.78, 5) is 132. The third-order valence-electron chi connectivity index (χ3n) is 14.4. The molecule has 0 unspecified atom stereocenters. The number of nitrogens with zero attached hydrogens (tertiary/aromatic N) is 3. The Bertz CT molecular complexity index is 2930. The average Bonchev–Trinajstić information content (AvgIpc) is 2.91. The lowest BCUT2D eigenvalue weighted by Gasteiger charge is -2.35. The number of aromatic hydroxyl groups is 2. The molecule has 0 radical (unpaired) electrons. The van der Waals surface area contributed by atoms with Crippen LogP contribution in [0.4, 0.5) is 0 Å². The van der Waals surface area contributed by atoms with Crippen molar-refractivity contribution in [2.45, 2.75) is 154 Å². The third-order valence-corrected chi connectivity index (χ3v) is 17.1. The van der Waals surface area contributed by atoms with E-state index in [0.29, 0.717) is 41.0 Å². The summed E-state index contributed by atoms with van der Waals surface area (Å²) in [5, 5.41) is 43.1. The zero-order chi connectivity index (χ0) is 66.5. The molecule has 0 spiro atoms. The molecule has 0 bridgehead atoms. The molecule has 9 amide bonds. The van der Waals surface area contributed by atoms with Gasteiger partial charge in [0.1, 0.15) is 53.8 Å². The Morgan fingerprint density at radius 2 is 1.18 bits per heavy atom. The van der Waals surface area contributed by atoms with Crippen molar-refractivity contribution < 1.29 is 58.5 Å². The third kappa shape index (κ3) is 24.5. The van der Waals surface area contributed by atoms with Crippen molar-refractivity contribution in [1.82, 2.24) is 36.0 Å². The molecule has 0 saturated carbocycles. The van der Waals surface area contributed by atoms with Gasteiger partial charge in [-0.2, -0.15) is 0 Å². The molecule has 1 aliphatic rings. The maximum atomic E-state index is 15.2. The summed E-state index contributed by atoms with van der Waals surface area (Å²) < 4.78 is 0. The maximum absolute atomic E-state index is 15.2. The largest absolute Gasteiger partial charge is 0.508 e. The number of hydrogen-bond acceptors (Lipinski definition) is 15. The SMILES string of the molecule is CCC.CCC.CC[C@@H](Cc1ccc(Cl)cc1)C(=O)N[C@@H]1CSSC[C@@H](C(=O)N(C)[C@H](Cc2ccc(O)cc2)C(N)=O)NC(=O)[C@H]([C@@H](C)O)N(C)C(=O)[C@H](CCCCN)NC(=O)[C@@H](Cc2ccc(C(N)=O)cc2)NC(=O)[C@H](Cc2ccc(O)cc2)N(C)C1=O. The zero-order valence-electron chi connectivity index (χ0n) is 52.4. The molecule has 25 heteroatoms. The van der Waals surface area contributed by atoms with Crippen LogP contribution in [0.3, 0.4) is 0 Å². The molecule has 5 rings (SSSR count). The summed E-state index contributed by atoms with van der Waals surface area (Å²) in [5.41, 5.74) is 19.7. The number of unbranched alkanes of at least 4 members (excludes halogenated alkanes) is 1. The number of nitrogens with one attached hydrogen (secondary N) is 4. The van der Waals surface area contributed by atoms with Crippen LogP contribution >= 0.6 is 33.2 Å². The molecule has 1 saturated heterocycles. The van der Waals surface area contributed by atoms with Gasteiger partial charge in [-0.15, -0.1) is 0 Å². The lowest BCUT2D eigenvalue weighted by Crippen LogP contribution is -2.62. The molecule has 488 valence electrons. The first-order valence-corrected chi connectivity index (χ1v) is 32.7. The normalized spacial score (nSPS) is 19.9. The van der Waals surface area contributed by atoms with Gasteiger partial charge in [0, 0.05) is 68.4 Å². The van der Waals surface area contributed by atoms with Crippen LogP contribution in [0.1, 0.15) is 113 Å². The monoisotopic (exact) mass is 1290 g/mol. The van der Waals surface area contributed by atoms with Crippen molar-refractivity contribution in [2.75, 3.05) is 39.2 Å². The van der Waals surface area contributed by atoms with E-state index in [4.69, 9.17) is 28.8 Å². The van der Waals surface area contributed by atoms with Gasteiger partial charge in [-0.3, -0.25) is 43.2 Å². The smallest absolute Gasteiger partial charge is 0.248 e. The average molecular weight is 1290 g/mol. The fourth-order valence-electron chi connectivity index (χ4n) is 9.44. The number of benzene rings is 4. The Hall–Kier alpha value is -7.38. The number of amides is 9. The van der Waals surface area contributed by atoms with Gasteiger partial charge in [0.05, 0.1) is 6.10 Å². The molecular weight excluding hydrogens is 1200 g/mol. The van der Waals surface area contributed by atoms with Crippen molar-refractivity contribution in [1.29, 1.82) is 0 Å². The van der Waals surface area contributed by atoms with Crippen molar-refractivity contribution >= 4 is 86.4 Å². The number of hydrogen-bond donors (Lipinski definition) is 10. The summed E-state index contributed by atoms with van der Waals surface area (Å²) in [6, 6.07) is 14.5. The number of carbonyl (C=O) groups excluding carboxylic acids is 9. The van der Waals surface area contributed by atoms with Crippen molar-refractivity contribution in [3.63, 3.8) is 0 Å². The molecule has 4 aromatic carbocycles. The van der Waals surface area contributed by atoms with Crippen LogP contribution in [0.15, 0.2) is 97.1 Å². The van der Waals surface area contributed by atoms with E-state index >= 15 is 9.59 Å². The van der Waals surface area contributed by atoms with E-state index in [1.54, 1.807) is 48.5 Å². The highest BCUT2D eigenvalue weighted by molar-refractivity contribution is 8.76. The van der Waals surface area contributed by atoms with E-state index in [1.807, 2.05) is 6.92 Å². The zero-order valence-corrected chi connectivity index (χ0v) is 54.8. The summed E-state index contributed by atoms with van der Waals surface area (Å²) in [5.74, 6) is -8.42. The number of aliphatic hydroxyl groups is 1. The van der Waals surface area contributed by atoms with Crippen LogP contribution in [0.25, 0.3) is 0 Å². The number of nitrogens with two attached hydrogens (primary N) is 3. The highest BCUT2D eigenvalue weighted by Crippen LogP contribution is 2.27. The van der Waals surface area contributed by atoms with Gasteiger partial charge in [0.15, 0.2) is 0 Å². The predicted molar refractivity (Wildman–Crippen MR) is 349 cm³/mol. The summed E-state index contributed by atoms with van der Waals surface area (Å²) in [6.07, 6.45) is 1.71. The van der Waals surface area contributed by atoms with E-state index in [9.17, 15) is 48.9 Å². The molecule has 1 aliphatic heterocycles. The first kappa shape index (κ1) is 75.9. The molecule has 9 atom stereocenters. The Morgan fingerprint density at radius 3 is 1.71 bits per heavy atom. The van der Waals surface area contributed by atoms with Gasteiger partial charge in [-0.25, -0.2) is 0 Å². The molecule has 22 nitrogen and oxygen atoms in total. The van der Waals surface area contributed by atoms with Gasteiger partial charge >= 0.3 is 0 Å². The van der Waals surface area contributed by atoms with Crippen LogP contribution in [0.5, 0.6) is 11.5 Å². The van der Waals surface area contributed by atoms with Crippen LogP contribution in [0.2, 0.25) is 5.02 Å². The minimum atomic E-state index is -1.70. The number of likely N-dealkylation sites (N-methyl/N-ethyl adjacent to an activating group) is 3. The Kier molecular flexibility index (Phi) is 33.2. The molecule has 13 N–H and O–H groups in total. The number of phenolic OH excluding ortho intramolecular Hbond substituents is 2. The molecule has 1 fully saturated rings. The number of aliphatic hydroxyl groups excluding tert-OH is 1. The van der Waals surface area contributed by atoms with Crippen molar-refractivity contribution in [2.24, 2.45) is 23.1 Å². The Morgan fingerprint density at radius 1 is 0.674 bits per heavy atom. The number of primary amides is 2. The predicted octanol–water partition coefficient (Wildman–Crippen LogP) is 4.79. The van der Waals surface area contributed by atoms with Crippen LogP contribution < -0.4 is 38.5 Å². The van der Waals surface area contributed by atoms with Gasteiger partial charge in [-0.05, 0) is 116 Å². The maximum Gasteiger partial charge on any atom is 0.248 e. The lowest BCUT2D eigenvalue weighted by molar-refractivity contribution is -0.147. The highest BCUT2D eigenvalue weighted by atomic mass is 35.5. The lowest BCUT2D eigenvalue weighted by atomic mass is 9.95. The standard InChI is InChI=1S/C58H75ClN10O12S2.2C3H8/c1-6-38(27-34-12-20-40(59)21-13-34)52(75)65-45-31-82-83-32-46(57(80)67(3)47(51(62)74)29-36-14-22-41(71)23-15-36)66-55(78)49(33(2)70)69(5)56(79)43(9-7-8-26-60)63-53(76)44(28-35-10-18-39(19-11-35)50(61)73)64-54(77)48(68(4)58(45)81)30-37-16-24-42(72)25-17-37;2*1-3-2/h10-25,33,38,43-49,70-72H,6-9,26-32,60H2,1-5H3,(H2,61,73)(H2,62,74)(H,63,76)(H,64,77)(H,65,75)(H,66,78);2*3H2,1-2H3/t33-,38+,43+,44-,45-,46+,47-,48+,49+;;/m1../s1. The minimum absolute atomic E-state index is 0.0318. The minimum Gasteiger partial charge on any atom is -0.508 e. The second-order valence-electron chi connectivity index (χ2n) is 21.9. The Labute approximate surface area is 535 Å². The molecule has 4 aromatic rings. The van der Waals surface area contributed by atoms with E-state index in [1.165, 1.54) is 89.4 Å². The van der Waals surface area contributed by atoms with Gasteiger partial charge < -0.3 is 68.5 Å². The fourth-order valence-corrected chi connectivity index (χ4v) is 11.9. The van der Waals surface area contributed by atoms with E-state index in [2.05, 4.69) is 49.0 Å². The first-order chi connectivity index (χ1) is 42.2. The summed E-state index contributed by atoms with van der Waals surface area (Å²) >= 11 is 6.16. The summed E-state index contributed by atoms with van der Waals surface area (Å²) in [7, 11) is 5.98. The molecule has 0 aliphatic carbocycles.